The highest BCUT2D eigenvalue weighted by Gasteiger charge is 2.18. The fraction of sp³-hybridized carbons (Fsp3) is 0.647. The number of benzene rings is 1. The normalized spacial score (nSPS) is 14.7. The first-order valence-electron chi connectivity index (χ1n) is 7.31. The Morgan fingerprint density at radius 3 is 2.00 bits per heavy atom. The van der Waals surface area contributed by atoms with Crippen LogP contribution in [0.3, 0.4) is 0 Å². The van der Waals surface area contributed by atoms with Crippen molar-refractivity contribution in [3.05, 3.63) is 34.4 Å². The molecule has 0 heterocycles. The van der Waals surface area contributed by atoms with E-state index in [1.54, 1.807) is 0 Å². The van der Waals surface area contributed by atoms with Gasteiger partial charge < -0.3 is 10.4 Å². The third-order valence-electron chi connectivity index (χ3n) is 3.88. The predicted molar refractivity (Wildman–Crippen MR) is 82.5 cm³/mol. The van der Waals surface area contributed by atoms with Gasteiger partial charge in [-0.15, -0.1) is 0 Å². The first kappa shape index (κ1) is 16.2. The second-order valence-corrected chi connectivity index (χ2v) is 6.06. The van der Waals surface area contributed by atoms with Crippen LogP contribution in [0.5, 0.6) is 0 Å². The van der Waals surface area contributed by atoms with Crippen molar-refractivity contribution in [3.8, 4) is 0 Å². The van der Waals surface area contributed by atoms with Crippen LogP contribution in [0.15, 0.2) is 12.1 Å². The maximum Gasteiger partial charge on any atom is 0.0445 e. The molecule has 0 aliphatic carbocycles. The van der Waals surface area contributed by atoms with E-state index in [1.807, 2.05) is 0 Å². The Balaban J connectivity index is 2.91. The molecule has 0 saturated carbocycles. The van der Waals surface area contributed by atoms with E-state index in [0.717, 1.165) is 6.42 Å². The molecule has 2 heteroatoms. The molecule has 0 spiro atoms. The smallest absolute Gasteiger partial charge is 0.0445 e. The summed E-state index contributed by atoms with van der Waals surface area (Å²) in [4.78, 5) is 0. The maximum absolute atomic E-state index is 9.17. The average Bonchev–Trinajstić information content (AvgIpc) is 2.26. The Labute approximate surface area is 118 Å². The van der Waals surface area contributed by atoms with E-state index in [-0.39, 0.29) is 6.61 Å². The van der Waals surface area contributed by atoms with Crippen LogP contribution in [-0.4, -0.2) is 17.8 Å². The van der Waals surface area contributed by atoms with Crippen molar-refractivity contribution >= 4 is 0 Å². The van der Waals surface area contributed by atoms with Gasteiger partial charge in [-0.05, 0) is 56.7 Å². The van der Waals surface area contributed by atoms with E-state index >= 15 is 0 Å². The summed E-state index contributed by atoms with van der Waals surface area (Å²) >= 11 is 0. The Morgan fingerprint density at radius 1 is 1.05 bits per heavy atom. The zero-order valence-electron chi connectivity index (χ0n) is 13.2. The second kappa shape index (κ2) is 7.06. The Morgan fingerprint density at radius 2 is 1.58 bits per heavy atom. The molecule has 2 N–H and O–H groups in total. The second-order valence-electron chi connectivity index (χ2n) is 6.06. The lowest BCUT2D eigenvalue weighted by molar-refractivity contribution is 0.237. The van der Waals surface area contributed by atoms with E-state index in [2.05, 4.69) is 59.0 Å². The molecular weight excluding hydrogens is 234 g/mol. The van der Waals surface area contributed by atoms with Crippen molar-refractivity contribution in [2.75, 3.05) is 6.61 Å². The summed E-state index contributed by atoms with van der Waals surface area (Å²) < 4.78 is 0. The van der Waals surface area contributed by atoms with Gasteiger partial charge in [-0.3, -0.25) is 0 Å². The summed E-state index contributed by atoms with van der Waals surface area (Å²) in [6.45, 7) is 13.4. The van der Waals surface area contributed by atoms with Crippen LogP contribution in [0.4, 0.5) is 0 Å². The Bertz CT molecular complexity index is 389. The van der Waals surface area contributed by atoms with Crippen molar-refractivity contribution in [1.29, 1.82) is 0 Å². The first-order valence-corrected chi connectivity index (χ1v) is 7.31. The highest BCUT2D eigenvalue weighted by Crippen LogP contribution is 2.24. The van der Waals surface area contributed by atoms with E-state index in [4.69, 9.17) is 0 Å². The number of hydrogen-bond acceptors (Lipinski definition) is 2. The third kappa shape index (κ3) is 4.32. The van der Waals surface area contributed by atoms with Crippen LogP contribution in [0.1, 0.15) is 55.5 Å². The highest BCUT2D eigenvalue weighted by atomic mass is 16.3. The minimum Gasteiger partial charge on any atom is -0.396 e. The van der Waals surface area contributed by atoms with Crippen LogP contribution in [0, 0.1) is 26.7 Å². The van der Waals surface area contributed by atoms with Crippen molar-refractivity contribution in [2.45, 2.75) is 60.0 Å². The number of aliphatic hydroxyl groups is 1. The van der Waals surface area contributed by atoms with Gasteiger partial charge >= 0.3 is 0 Å². The van der Waals surface area contributed by atoms with Gasteiger partial charge in [0.15, 0.2) is 0 Å². The lowest BCUT2D eigenvalue weighted by Crippen LogP contribution is -2.37. The topological polar surface area (TPSA) is 32.3 Å². The molecule has 0 bridgehead atoms. The van der Waals surface area contributed by atoms with Gasteiger partial charge in [-0.2, -0.15) is 0 Å². The summed E-state index contributed by atoms with van der Waals surface area (Å²) in [6.07, 6.45) is 0.811. The van der Waals surface area contributed by atoms with Crippen LogP contribution in [0.2, 0.25) is 0 Å². The molecule has 1 aromatic carbocycles. The standard InChI is InChI=1S/C17H29NO/c1-11(2)16(7-8-19)18-15(6)17-13(4)9-12(3)10-14(17)5/h9-11,15-16,18-19H,7-8H2,1-6H3. The summed E-state index contributed by atoms with van der Waals surface area (Å²) in [6, 6.07) is 5.17. The molecule has 0 fully saturated rings. The zero-order valence-corrected chi connectivity index (χ0v) is 13.2. The molecule has 0 aromatic heterocycles. The first-order chi connectivity index (χ1) is 8.86. The Hall–Kier alpha value is -0.860. The van der Waals surface area contributed by atoms with Gasteiger partial charge in [0.25, 0.3) is 0 Å². The van der Waals surface area contributed by atoms with Gasteiger partial charge in [0.2, 0.25) is 0 Å². The van der Waals surface area contributed by atoms with Gasteiger partial charge in [-0.25, -0.2) is 0 Å². The molecule has 0 amide bonds. The predicted octanol–water partition coefficient (Wildman–Crippen LogP) is 3.67. The maximum atomic E-state index is 9.17. The molecule has 2 unspecified atom stereocenters. The van der Waals surface area contributed by atoms with E-state index < -0.39 is 0 Å². The van der Waals surface area contributed by atoms with Crippen LogP contribution >= 0.6 is 0 Å². The average molecular weight is 263 g/mol. The molecular formula is C17H29NO. The lowest BCUT2D eigenvalue weighted by Gasteiger charge is -2.28. The molecule has 0 saturated heterocycles. The number of aliphatic hydroxyl groups excluding tert-OH is 1. The molecule has 0 radical (unpaired) electrons. The van der Waals surface area contributed by atoms with Gasteiger partial charge in [-0.1, -0.05) is 31.5 Å². The van der Waals surface area contributed by atoms with Crippen molar-refractivity contribution < 1.29 is 5.11 Å². The molecule has 0 aliphatic rings. The fourth-order valence-electron chi connectivity index (χ4n) is 3.03. The quantitative estimate of drug-likeness (QED) is 0.821. The Kier molecular flexibility index (Phi) is 6.02. The van der Waals surface area contributed by atoms with Crippen LogP contribution in [-0.2, 0) is 0 Å². The molecule has 2 atom stereocenters. The zero-order chi connectivity index (χ0) is 14.6. The third-order valence-corrected chi connectivity index (χ3v) is 3.88. The van der Waals surface area contributed by atoms with Crippen LogP contribution < -0.4 is 5.32 Å². The number of aryl methyl sites for hydroxylation is 3. The summed E-state index contributed by atoms with van der Waals surface area (Å²) in [7, 11) is 0. The van der Waals surface area contributed by atoms with E-state index in [1.165, 1.54) is 22.3 Å². The number of rotatable bonds is 6. The minimum absolute atomic E-state index is 0.244. The molecule has 1 aromatic rings. The highest BCUT2D eigenvalue weighted by molar-refractivity contribution is 5.39. The van der Waals surface area contributed by atoms with Gasteiger partial charge in [0, 0.05) is 18.7 Å². The molecule has 0 aliphatic heterocycles. The van der Waals surface area contributed by atoms with E-state index in [9.17, 15) is 5.11 Å². The van der Waals surface area contributed by atoms with Gasteiger partial charge in [0.05, 0.1) is 0 Å². The molecule has 2 nitrogen and oxygen atoms in total. The van der Waals surface area contributed by atoms with Crippen molar-refractivity contribution in [1.82, 2.24) is 5.32 Å². The molecule has 19 heavy (non-hydrogen) atoms. The summed E-state index contributed by atoms with van der Waals surface area (Å²) in [5.74, 6) is 0.528. The SMILES string of the molecule is Cc1cc(C)c(C(C)NC(CCO)C(C)C)c(C)c1. The van der Waals surface area contributed by atoms with Crippen LogP contribution in [0.25, 0.3) is 0 Å². The lowest BCUT2D eigenvalue weighted by atomic mass is 9.93. The summed E-state index contributed by atoms with van der Waals surface area (Å²) in [5.41, 5.74) is 5.42. The number of hydrogen-bond donors (Lipinski definition) is 2. The largest absolute Gasteiger partial charge is 0.396 e. The monoisotopic (exact) mass is 263 g/mol. The molecule has 1 rings (SSSR count). The van der Waals surface area contributed by atoms with Crippen molar-refractivity contribution in [3.63, 3.8) is 0 Å². The summed E-state index contributed by atoms with van der Waals surface area (Å²) in [5, 5.41) is 12.8. The van der Waals surface area contributed by atoms with E-state index in [0.29, 0.717) is 18.0 Å². The fourth-order valence-corrected chi connectivity index (χ4v) is 3.03. The van der Waals surface area contributed by atoms with Gasteiger partial charge in [0.1, 0.15) is 0 Å². The van der Waals surface area contributed by atoms with Crippen molar-refractivity contribution in [2.24, 2.45) is 5.92 Å². The molecule has 108 valence electrons. The minimum atomic E-state index is 0.244. The number of nitrogens with one attached hydrogen (secondary N) is 1.